The molecule has 0 saturated carbocycles. The fourth-order valence-corrected chi connectivity index (χ4v) is 4.24. The van der Waals surface area contributed by atoms with E-state index in [1.807, 2.05) is 24.3 Å². The molecule has 1 aliphatic heterocycles. The maximum atomic E-state index is 13.3. The van der Waals surface area contributed by atoms with Crippen LogP contribution in [0.5, 0.6) is 0 Å². The van der Waals surface area contributed by atoms with Gasteiger partial charge in [0.1, 0.15) is 5.82 Å². The van der Waals surface area contributed by atoms with E-state index in [0.717, 1.165) is 52.3 Å². The molecule has 4 rings (SSSR count). The predicted octanol–water partition coefficient (Wildman–Crippen LogP) is 5.21. The quantitative estimate of drug-likeness (QED) is 0.530. The zero-order valence-electron chi connectivity index (χ0n) is 14.6. The van der Waals surface area contributed by atoms with Crippen LogP contribution < -0.4 is 0 Å². The number of aromatic nitrogens is 3. The van der Waals surface area contributed by atoms with Gasteiger partial charge < -0.3 is 4.74 Å². The van der Waals surface area contributed by atoms with Crippen LogP contribution in [0.3, 0.4) is 0 Å². The summed E-state index contributed by atoms with van der Waals surface area (Å²) < 4.78 is 21.2. The molecule has 2 heterocycles. The molecule has 0 aliphatic carbocycles. The molecule has 4 nitrogen and oxygen atoms in total. The molecule has 1 saturated heterocycles. The topological polar surface area (TPSA) is 39.9 Å². The number of halogens is 2. The van der Waals surface area contributed by atoms with Crippen molar-refractivity contribution in [3.8, 4) is 11.4 Å². The summed E-state index contributed by atoms with van der Waals surface area (Å²) in [6, 6.07) is 14.2. The molecule has 1 unspecified atom stereocenters. The standard InChI is InChI=1S/C20H19ClFN3OS/c21-16-4-1-3-14(11-16)13-27-20-24-23-19(15-6-8-17(22)9-7-15)25(20)12-18-5-2-10-26-18/h1,3-4,6-9,11,18H,2,5,10,12-13H2. The Labute approximate surface area is 166 Å². The van der Waals surface area contributed by atoms with Crippen LogP contribution in [-0.4, -0.2) is 27.5 Å². The average molecular weight is 404 g/mol. The third-order valence-corrected chi connectivity index (χ3v) is 5.76. The van der Waals surface area contributed by atoms with Crippen molar-refractivity contribution in [2.45, 2.75) is 36.4 Å². The highest BCUT2D eigenvalue weighted by atomic mass is 35.5. The molecule has 3 aromatic rings. The Morgan fingerprint density at radius 3 is 2.78 bits per heavy atom. The summed E-state index contributed by atoms with van der Waals surface area (Å²) in [5, 5.41) is 10.3. The fraction of sp³-hybridized carbons (Fsp3) is 0.300. The molecule has 0 bridgehead atoms. The third kappa shape index (κ3) is 4.51. The molecule has 0 amide bonds. The molecule has 1 aliphatic rings. The van der Waals surface area contributed by atoms with E-state index >= 15 is 0 Å². The zero-order valence-corrected chi connectivity index (χ0v) is 16.2. The highest BCUT2D eigenvalue weighted by Gasteiger charge is 2.21. The largest absolute Gasteiger partial charge is 0.376 e. The molecule has 1 aromatic heterocycles. The van der Waals surface area contributed by atoms with Gasteiger partial charge in [0.15, 0.2) is 11.0 Å². The van der Waals surface area contributed by atoms with Gasteiger partial charge in [-0.3, -0.25) is 4.57 Å². The number of benzene rings is 2. The van der Waals surface area contributed by atoms with E-state index in [0.29, 0.717) is 6.54 Å². The Hall–Kier alpha value is -1.89. The molecular weight excluding hydrogens is 385 g/mol. The van der Waals surface area contributed by atoms with E-state index in [9.17, 15) is 4.39 Å². The van der Waals surface area contributed by atoms with Gasteiger partial charge >= 0.3 is 0 Å². The Morgan fingerprint density at radius 1 is 1.19 bits per heavy atom. The van der Waals surface area contributed by atoms with Gasteiger partial charge in [-0.2, -0.15) is 0 Å². The number of rotatable bonds is 6. The normalized spacial score (nSPS) is 16.7. The van der Waals surface area contributed by atoms with Gasteiger partial charge in [-0.05, 0) is 54.8 Å². The van der Waals surface area contributed by atoms with Crippen LogP contribution >= 0.6 is 23.4 Å². The molecular formula is C20H19ClFN3OS. The Kier molecular flexibility index (Phi) is 5.76. The lowest BCUT2D eigenvalue weighted by molar-refractivity contribution is 0.0953. The molecule has 0 N–H and O–H groups in total. The zero-order chi connectivity index (χ0) is 18.6. The van der Waals surface area contributed by atoms with Crippen LogP contribution in [-0.2, 0) is 17.0 Å². The van der Waals surface area contributed by atoms with Crippen molar-refractivity contribution in [1.29, 1.82) is 0 Å². The van der Waals surface area contributed by atoms with E-state index < -0.39 is 0 Å². The maximum absolute atomic E-state index is 13.3. The van der Waals surface area contributed by atoms with Crippen molar-refractivity contribution in [2.24, 2.45) is 0 Å². The van der Waals surface area contributed by atoms with Gasteiger partial charge in [-0.1, -0.05) is 35.5 Å². The van der Waals surface area contributed by atoms with Crippen LogP contribution in [0.4, 0.5) is 4.39 Å². The molecule has 1 fully saturated rings. The lowest BCUT2D eigenvalue weighted by Gasteiger charge is -2.14. The predicted molar refractivity (Wildman–Crippen MR) is 105 cm³/mol. The number of thioether (sulfide) groups is 1. The van der Waals surface area contributed by atoms with Gasteiger partial charge in [0.05, 0.1) is 12.6 Å². The molecule has 27 heavy (non-hydrogen) atoms. The summed E-state index contributed by atoms with van der Waals surface area (Å²) in [5.74, 6) is 1.21. The summed E-state index contributed by atoms with van der Waals surface area (Å²) in [7, 11) is 0. The Balaban J connectivity index is 1.60. The molecule has 0 radical (unpaired) electrons. The summed E-state index contributed by atoms with van der Waals surface area (Å²) in [6.07, 6.45) is 2.26. The van der Waals surface area contributed by atoms with Gasteiger partial charge in [-0.15, -0.1) is 10.2 Å². The SMILES string of the molecule is Fc1ccc(-c2nnc(SCc3cccc(Cl)c3)n2CC2CCCO2)cc1. The maximum Gasteiger partial charge on any atom is 0.191 e. The minimum atomic E-state index is -0.264. The Morgan fingerprint density at radius 2 is 2.04 bits per heavy atom. The number of hydrogen-bond donors (Lipinski definition) is 0. The van der Waals surface area contributed by atoms with E-state index in [4.69, 9.17) is 16.3 Å². The summed E-state index contributed by atoms with van der Waals surface area (Å²) in [6.45, 7) is 1.49. The van der Waals surface area contributed by atoms with Crippen molar-refractivity contribution in [3.05, 3.63) is 64.9 Å². The van der Waals surface area contributed by atoms with E-state index in [-0.39, 0.29) is 11.9 Å². The molecule has 140 valence electrons. The van der Waals surface area contributed by atoms with Crippen molar-refractivity contribution < 1.29 is 9.13 Å². The molecule has 1 atom stereocenters. The monoisotopic (exact) mass is 403 g/mol. The second-order valence-corrected chi connectivity index (χ2v) is 7.86. The van der Waals surface area contributed by atoms with Gasteiger partial charge in [0.2, 0.25) is 0 Å². The van der Waals surface area contributed by atoms with Crippen LogP contribution in [0.2, 0.25) is 5.02 Å². The third-order valence-electron chi connectivity index (χ3n) is 4.49. The molecule has 2 aromatic carbocycles. The minimum absolute atomic E-state index is 0.158. The van der Waals surface area contributed by atoms with Gasteiger partial charge in [0, 0.05) is 22.9 Å². The van der Waals surface area contributed by atoms with E-state index in [1.54, 1.807) is 23.9 Å². The van der Waals surface area contributed by atoms with Crippen LogP contribution in [0.25, 0.3) is 11.4 Å². The minimum Gasteiger partial charge on any atom is -0.376 e. The van der Waals surface area contributed by atoms with Crippen LogP contribution in [0.1, 0.15) is 18.4 Å². The lowest BCUT2D eigenvalue weighted by Crippen LogP contribution is -2.16. The van der Waals surface area contributed by atoms with E-state index in [2.05, 4.69) is 14.8 Å². The second kappa shape index (κ2) is 8.42. The molecule has 0 spiro atoms. The fourth-order valence-electron chi connectivity index (χ4n) is 3.14. The summed E-state index contributed by atoms with van der Waals surface area (Å²) in [4.78, 5) is 0. The van der Waals surface area contributed by atoms with Crippen molar-refractivity contribution >= 4 is 23.4 Å². The van der Waals surface area contributed by atoms with Crippen LogP contribution in [0.15, 0.2) is 53.7 Å². The van der Waals surface area contributed by atoms with E-state index in [1.165, 1.54) is 12.1 Å². The highest BCUT2D eigenvalue weighted by molar-refractivity contribution is 7.98. The number of nitrogens with zero attached hydrogens (tertiary/aromatic N) is 3. The highest BCUT2D eigenvalue weighted by Crippen LogP contribution is 2.29. The summed E-state index contributed by atoms with van der Waals surface area (Å²) in [5.41, 5.74) is 1.97. The van der Waals surface area contributed by atoms with Crippen molar-refractivity contribution in [3.63, 3.8) is 0 Å². The smallest absolute Gasteiger partial charge is 0.191 e. The Bertz CT molecular complexity index is 910. The number of ether oxygens (including phenoxy) is 1. The summed E-state index contributed by atoms with van der Waals surface area (Å²) >= 11 is 7.69. The van der Waals surface area contributed by atoms with Gasteiger partial charge in [0.25, 0.3) is 0 Å². The first-order valence-electron chi connectivity index (χ1n) is 8.87. The first-order valence-corrected chi connectivity index (χ1v) is 10.2. The molecule has 7 heteroatoms. The van der Waals surface area contributed by atoms with Gasteiger partial charge in [-0.25, -0.2) is 4.39 Å². The lowest BCUT2D eigenvalue weighted by atomic mass is 10.2. The van der Waals surface area contributed by atoms with Crippen molar-refractivity contribution in [1.82, 2.24) is 14.8 Å². The van der Waals surface area contributed by atoms with Crippen molar-refractivity contribution in [2.75, 3.05) is 6.61 Å². The number of hydrogen-bond acceptors (Lipinski definition) is 4. The first-order chi connectivity index (χ1) is 13.2. The van der Waals surface area contributed by atoms with Crippen LogP contribution in [0, 0.1) is 5.82 Å². The second-order valence-electron chi connectivity index (χ2n) is 6.48. The first kappa shape index (κ1) is 18.5. The average Bonchev–Trinajstić information content (AvgIpc) is 3.31.